The van der Waals surface area contributed by atoms with Crippen molar-refractivity contribution in [3.8, 4) is 11.1 Å². The summed E-state index contributed by atoms with van der Waals surface area (Å²) in [4.78, 5) is 24.1. The molecule has 0 aliphatic rings. The minimum absolute atomic E-state index is 0.223. The van der Waals surface area contributed by atoms with Gasteiger partial charge in [0.2, 0.25) is 0 Å². The number of benzene rings is 2. The first-order valence-electron chi connectivity index (χ1n) is 7.92. The molecule has 2 rings (SSSR count). The van der Waals surface area contributed by atoms with Crippen LogP contribution in [0.2, 0.25) is 0 Å². The molecule has 0 saturated carbocycles. The molecular formula is C18H19BO6. The highest BCUT2D eigenvalue weighted by molar-refractivity contribution is 6.58. The Hall–Kier alpha value is -2.64. The fourth-order valence-electron chi connectivity index (χ4n) is 2.31. The highest BCUT2D eigenvalue weighted by Crippen LogP contribution is 2.23. The summed E-state index contributed by atoms with van der Waals surface area (Å²) in [5, 5.41) is 18.3. The van der Waals surface area contributed by atoms with E-state index in [4.69, 9.17) is 9.47 Å². The molecule has 2 N–H and O–H groups in total. The average molecular weight is 342 g/mol. The lowest BCUT2D eigenvalue weighted by molar-refractivity contribution is 0.0525. The first-order chi connectivity index (χ1) is 12.0. The molecule has 2 aromatic carbocycles. The van der Waals surface area contributed by atoms with Crippen LogP contribution in [0.3, 0.4) is 0 Å². The zero-order valence-electron chi connectivity index (χ0n) is 14.1. The molecule has 0 aliphatic heterocycles. The minimum Gasteiger partial charge on any atom is -0.462 e. The summed E-state index contributed by atoms with van der Waals surface area (Å²) < 4.78 is 10.0. The zero-order chi connectivity index (χ0) is 18.4. The lowest BCUT2D eigenvalue weighted by Crippen LogP contribution is -2.29. The lowest BCUT2D eigenvalue weighted by Gasteiger charge is -2.10. The van der Waals surface area contributed by atoms with Gasteiger partial charge in [0.1, 0.15) is 0 Å². The molecule has 0 bridgehead atoms. The van der Waals surface area contributed by atoms with Gasteiger partial charge in [0.15, 0.2) is 0 Å². The maximum Gasteiger partial charge on any atom is 0.488 e. The second-order valence-corrected chi connectivity index (χ2v) is 5.24. The Morgan fingerprint density at radius 1 is 0.840 bits per heavy atom. The van der Waals surface area contributed by atoms with Gasteiger partial charge in [-0.2, -0.15) is 0 Å². The Bertz CT molecular complexity index is 718. The van der Waals surface area contributed by atoms with Gasteiger partial charge in [-0.1, -0.05) is 24.3 Å². The Balaban J connectivity index is 2.48. The topological polar surface area (TPSA) is 93.1 Å². The van der Waals surface area contributed by atoms with Gasteiger partial charge in [0, 0.05) is 0 Å². The van der Waals surface area contributed by atoms with Crippen molar-refractivity contribution in [3.05, 3.63) is 53.6 Å². The number of carbonyl (C=O) groups excluding carboxylic acids is 2. The third-order valence-electron chi connectivity index (χ3n) is 3.50. The molecule has 0 unspecified atom stereocenters. The first-order valence-corrected chi connectivity index (χ1v) is 7.92. The summed E-state index contributed by atoms with van der Waals surface area (Å²) in [6, 6.07) is 11.1. The molecule has 0 radical (unpaired) electrons. The van der Waals surface area contributed by atoms with E-state index in [1.807, 2.05) is 0 Å². The molecule has 0 aromatic heterocycles. The van der Waals surface area contributed by atoms with Crippen LogP contribution in [0.4, 0.5) is 0 Å². The van der Waals surface area contributed by atoms with Crippen LogP contribution < -0.4 is 5.46 Å². The molecule has 0 aliphatic carbocycles. The van der Waals surface area contributed by atoms with Crippen molar-refractivity contribution in [1.82, 2.24) is 0 Å². The van der Waals surface area contributed by atoms with Gasteiger partial charge >= 0.3 is 19.1 Å². The molecule has 0 heterocycles. The van der Waals surface area contributed by atoms with Crippen molar-refractivity contribution < 1.29 is 29.1 Å². The molecule has 25 heavy (non-hydrogen) atoms. The molecule has 0 amide bonds. The third kappa shape index (κ3) is 4.68. The van der Waals surface area contributed by atoms with Crippen LogP contribution in [0.1, 0.15) is 34.6 Å². The zero-order valence-corrected chi connectivity index (χ0v) is 14.1. The van der Waals surface area contributed by atoms with Crippen molar-refractivity contribution in [3.63, 3.8) is 0 Å². The monoisotopic (exact) mass is 342 g/mol. The molecule has 6 nitrogen and oxygen atoms in total. The fourth-order valence-corrected chi connectivity index (χ4v) is 2.31. The number of hydrogen-bond acceptors (Lipinski definition) is 6. The standard InChI is InChI=1S/C18H19BO6/c1-3-24-17(20)14-9-13(10-15(11-14)18(21)25-4-2)12-5-7-16(8-6-12)19(22)23/h5-11,22-23H,3-4H2,1-2H3. The molecule has 130 valence electrons. The Morgan fingerprint density at radius 3 is 1.72 bits per heavy atom. The van der Waals surface area contributed by atoms with Crippen LogP contribution in [0.15, 0.2) is 42.5 Å². The van der Waals surface area contributed by atoms with E-state index in [2.05, 4.69) is 0 Å². The molecule has 2 aromatic rings. The summed E-state index contributed by atoms with van der Waals surface area (Å²) in [5.74, 6) is -1.06. The van der Waals surface area contributed by atoms with E-state index >= 15 is 0 Å². The first kappa shape index (κ1) is 18.7. The highest BCUT2D eigenvalue weighted by Gasteiger charge is 2.16. The lowest BCUT2D eigenvalue weighted by atomic mass is 9.80. The van der Waals surface area contributed by atoms with Crippen LogP contribution in [0, 0.1) is 0 Å². The highest BCUT2D eigenvalue weighted by atomic mass is 16.5. The van der Waals surface area contributed by atoms with Gasteiger partial charge in [-0.15, -0.1) is 0 Å². The van der Waals surface area contributed by atoms with E-state index < -0.39 is 19.1 Å². The van der Waals surface area contributed by atoms with E-state index in [9.17, 15) is 19.6 Å². The van der Waals surface area contributed by atoms with Gasteiger partial charge in [0.25, 0.3) is 0 Å². The van der Waals surface area contributed by atoms with Crippen molar-refractivity contribution in [2.24, 2.45) is 0 Å². The summed E-state index contributed by atoms with van der Waals surface area (Å²) in [6.07, 6.45) is 0. The molecular weight excluding hydrogens is 323 g/mol. The predicted octanol–water partition coefficient (Wildman–Crippen LogP) is 1.39. The van der Waals surface area contributed by atoms with E-state index in [0.717, 1.165) is 0 Å². The van der Waals surface area contributed by atoms with Gasteiger partial charge in [-0.05, 0) is 48.6 Å². The van der Waals surface area contributed by atoms with Crippen LogP contribution in [0.25, 0.3) is 11.1 Å². The fraction of sp³-hybridized carbons (Fsp3) is 0.222. The summed E-state index contributed by atoms with van der Waals surface area (Å²) in [7, 11) is -1.56. The second-order valence-electron chi connectivity index (χ2n) is 5.24. The van der Waals surface area contributed by atoms with Gasteiger partial charge in [-0.3, -0.25) is 0 Å². The summed E-state index contributed by atoms with van der Waals surface area (Å²) in [5.41, 5.74) is 2.16. The average Bonchev–Trinajstić information content (AvgIpc) is 2.61. The normalized spacial score (nSPS) is 10.2. The summed E-state index contributed by atoms with van der Waals surface area (Å²) >= 11 is 0. The second kappa shape index (κ2) is 8.46. The number of esters is 2. The van der Waals surface area contributed by atoms with Crippen molar-refractivity contribution in [2.75, 3.05) is 13.2 Å². The van der Waals surface area contributed by atoms with Crippen LogP contribution in [-0.2, 0) is 9.47 Å². The number of ether oxygens (including phenoxy) is 2. The summed E-state index contributed by atoms with van der Waals surface area (Å²) in [6.45, 7) is 3.85. The molecule has 0 fully saturated rings. The Kier molecular flexibility index (Phi) is 6.33. The predicted molar refractivity (Wildman–Crippen MR) is 93.6 cm³/mol. The quantitative estimate of drug-likeness (QED) is 0.609. The SMILES string of the molecule is CCOC(=O)c1cc(C(=O)OCC)cc(-c2ccc(B(O)O)cc2)c1. The van der Waals surface area contributed by atoms with E-state index in [0.29, 0.717) is 16.6 Å². The van der Waals surface area contributed by atoms with Crippen LogP contribution in [-0.4, -0.2) is 42.3 Å². The molecule has 0 atom stereocenters. The Morgan fingerprint density at radius 2 is 1.32 bits per heavy atom. The van der Waals surface area contributed by atoms with Crippen LogP contribution >= 0.6 is 0 Å². The van der Waals surface area contributed by atoms with Gasteiger partial charge < -0.3 is 19.5 Å². The van der Waals surface area contributed by atoms with Gasteiger partial charge in [-0.25, -0.2) is 9.59 Å². The molecule has 0 spiro atoms. The molecule has 0 saturated heterocycles. The number of carbonyl (C=O) groups is 2. The largest absolute Gasteiger partial charge is 0.488 e. The van der Waals surface area contributed by atoms with E-state index in [-0.39, 0.29) is 24.3 Å². The van der Waals surface area contributed by atoms with Crippen molar-refractivity contribution >= 4 is 24.5 Å². The smallest absolute Gasteiger partial charge is 0.462 e. The van der Waals surface area contributed by atoms with Crippen LogP contribution in [0.5, 0.6) is 0 Å². The van der Waals surface area contributed by atoms with E-state index in [1.54, 1.807) is 50.2 Å². The maximum atomic E-state index is 12.1. The number of rotatable bonds is 6. The number of hydrogen-bond donors (Lipinski definition) is 2. The molecule has 7 heteroatoms. The maximum absolute atomic E-state index is 12.1. The Labute approximate surface area is 146 Å². The van der Waals surface area contributed by atoms with E-state index in [1.165, 1.54) is 6.07 Å². The van der Waals surface area contributed by atoms with Crippen molar-refractivity contribution in [1.29, 1.82) is 0 Å². The third-order valence-corrected chi connectivity index (χ3v) is 3.50. The van der Waals surface area contributed by atoms with Crippen molar-refractivity contribution in [2.45, 2.75) is 13.8 Å². The minimum atomic E-state index is -1.56. The van der Waals surface area contributed by atoms with Gasteiger partial charge in [0.05, 0.1) is 24.3 Å².